The molecular formula is C17H21N3OS. The van der Waals surface area contributed by atoms with Gasteiger partial charge in [0, 0.05) is 26.2 Å². The van der Waals surface area contributed by atoms with Crippen molar-refractivity contribution in [2.45, 2.75) is 12.6 Å². The molecule has 1 aromatic carbocycles. The van der Waals surface area contributed by atoms with E-state index in [9.17, 15) is 4.79 Å². The van der Waals surface area contributed by atoms with Gasteiger partial charge in [0.2, 0.25) is 0 Å². The lowest BCUT2D eigenvalue weighted by atomic mass is 10.0. The highest BCUT2D eigenvalue weighted by atomic mass is 32.1. The molecule has 0 bridgehead atoms. The van der Waals surface area contributed by atoms with Crippen LogP contribution in [0.5, 0.6) is 0 Å². The predicted octanol–water partition coefficient (Wildman–Crippen LogP) is 2.95. The molecule has 3 rings (SSSR count). The average molecular weight is 315 g/mol. The van der Waals surface area contributed by atoms with Gasteiger partial charge in [0.15, 0.2) is 0 Å². The van der Waals surface area contributed by atoms with Gasteiger partial charge in [-0.05, 0) is 35.0 Å². The van der Waals surface area contributed by atoms with E-state index in [-0.39, 0.29) is 12.1 Å². The van der Waals surface area contributed by atoms with Gasteiger partial charge in [0.25, 0.3) is 0 Å². The molecule has 1 atom stereocenters. The van der Waals surface area contributed by atoms with Crippen molar-refractivity contribution in [3.8, 4) is 0 Å². The average Bonchev–Trinajstić information content (AvgIpc) is 3.07. The van der Waals surface area contributed by atoms with Gasteiger partial charge in [0.05, 0.1) is 6.04 Å². The second-order valence-corrected chi connectivity index (χ2v) is 6.45. The first-order valence-electron chi connectivity index (χ1n) is 7.53. The topological polar surface area (TPSA) is 35.6 Å². The van der Waals surface area contributed by atoms with Crippen LogP contribution in [-0.4, -0.2) is 42.5 Å². The molecule has 1 aliphatic heterocycles. The number of urea groups is 1. The number of amides is 2. The van der Waals surface area contributed by atoms with E-state index in [0.29, 0.717) is 6.54 Å². The summed E-state index contributed by atoms with van der Waals surface area (Å²) >= 11 is 1.65. The van der Waals surface area contributed by atoms with E-state index in [2.05, 4.69) is 34.8 Å². The molecule has 1 unspecified atom stereocenters. The summed E-state index contributed by atoms with van der Waals surface area (Å²) in [6.45, 7) is 3.13. The number of benzene rings is 1. The molecule has 2 aromatic rings. The van der Waals surface area contributed by atoms with E-state index in [4.69, 9.17) is 0 Å². The molecule has 5 heteroatoms. The smallest absolute Gasteiger partial charge is 0.318 e. The minimum absolute atomic E-state index is 0.0214. The van der Waals surface area contributed by atoms with Gasteiger partial charge >= 0.3 is 6.03 Å². The molecule has 2 amide bonds. The lowest BCUT2D eigenvalue weighted by Gasteiger charge is -2.40. The molecule has 22 heavy (non-hydrogen) atoms. The van der Waals surface area contributed by atoms with Crippen LogP contribution in [0.1, 0.15) is 17.2 Å². The van der Waals surface area contributed by atoms with Crippen molar-refractivity contribution < 1.29 is 4.79 Å². The van der Waals surface area contributed by atoms with Crippen molar-refractivity contribution >= 4 is 17.4 Å². The molecular weight excluding hydrogens is 294 g/mol. The van der Waals surface area contributed by atoms with E-state index in [1.807, 2.05) is 34.5 Å². The fraction of sp³-hybridized carbons (Fsp3) is 0.353. The van der Waals surface area contributed by atoms with Gasteiger partial charge in [-0.1, -0.05) is 30.3 Å². The molecule has 1 saturated heterocycles. The number of thiophene rings is 1. The standard InChI is InChI=1S/C17H21N3OS/c1-19-8-9-20(16(12-19)15-5-3-2-4-6-15)17(21)18-11-14-7-10-22-13-14/h2-7,10,13,16H,8-9,11-12H2,1H3,(H,18,21). The maximum absolute atomic E-state index is 12.6. The molecule has 116 valence electrons. The van der Waals surface area contributed by atoms with E-state index in [1.165, 1.54) is 5.56 Å². The number of rotatable bonds is 3. The van der Waals surface area contributed by atoms with Crippen molar-refractivity contribution in [2.24, 2.45) is 0 Å². The highest BCUT2D eigenvalue weighted by Gasteiger charge is 2.29. The van der Waals surface area contributed by atoms with Crippen LogP contribution in [0.3, 0.4) is 0 Å². The molecule has 0 radical (unpaired) electrons. The molecule has 2 heterocycles. The van der Waals surface area contributed by atoms with Gasteiger partial charge in [-0.25, -0.2) is 4.79 Å². The van der Waals surface area contributed by atoms with Crippen LogP contribution in [0.15, 0.2) is 47.2 Å². The number of nitrogens with one attached hydrogen (secondary N) is 1. The normalized spacial score (nSPS) is 19.1. The summed E-state index contributed by atoms with van der Waals surface area (Å²) in [6, 6.07) is 12.5. The van der Waals surface area contributed by atoms with Gasteiger partial charge in [-0.15, -0.1) is 0 Å². The molecule has 0 saturated carbocycles. The number of hydrogen-bond acceptors (Lipinski definition) is 3. The third kappa shape index (κ3) is 3.48. The third-order valence-electron chi connectivity index (χ3n) is 4.05. The van der Waals surface area contributed by atoms with Gasteiger partial charge in [0.1, 0.15) is 0 Å². The minimum atomic E-state index is 0.0214. The molecule has 1 aliphatic rings. The summed E-state index contributed by atoms with van der Waals surface area (Å²) in [5.41, 5.74) is 2.35. The Hall–Kier alpha value is -1.85. The van der Waals surface area contributed by atoms with E-state index in [1.54, 1.807) is 11.3 Å². The lowest BCUT2D eigenvalue weighted by Crippen LogP contribution is -2.52. The number of hydrogen-bond donors (Lipinski definition) is 1. The highest BCUT2D eigenvalue weighted by Crippen LogP contribution is 2.24. The Bertz CT molecular complexity index is 600. The zero-order chi connectivity index (χ0) is 15.4. The monoisotopic (exact) mass is 315 g/mol. The zero-order valence-corrected chi connectivity index (χ0v) is 13.6. The van der Waals surface area contributed by atoms with Crippen molar-refractivity contribution in [2.75, 3.05) is 26.7 Å². The Balaban J connectivity index is 1.70. The third-order valence-corrected chi connectivity index (χ3v) is 4.78. The summed E-state index contributed by atoms with van der Waals surface area (Å²) in [5, 5.41) is 7.14. The Morgan fingerprint density at radius 3 is 2.82 bits per heavy atom. The zero-order valence-electron chi connectivity index (χ0n) is 12.7. The number of carbonyl (C=O) groups excluding carboxylic acids is 1. The van der Waals surface area contributed by atoms with Crippen molar-refractivity contribution in [3.63, 3.8) is 0 Å². The Morgan fingerprint density at radius 1 is 1.27 bits per heavy atom. The molecule has 4 nitrogen and oxygen atoms in total. The Kier molecular flexibility index (Phi) is 4.75. The molecule has 1 aromatic heterocycles. The molecule has 0 spiro atoms. The number of nitrogens with zero attached hydrogens (tertiary/aromatic N) is 2. The van der Waals surface area contributed by atoms with E-state index >= 15 is 0 Å². The van der Waals surface area contributed by atoms with Gasteiger partial charge < -0.3 is 15.1 Å². The van der Waals surface area contributed by atoms with E-state index in [0.717, 1.165) is 25.2 Å². The van der Waals surface area contributed by atoms with Crippen molar-refractivity contribution in [1.82, 2.24) is 15.1 Å². The minimum Gasteiger partial charge on any atom is -0.334 e. The first kappa shape index (κ1) is 15.1. The first-order valence-corrected chi connectivity index (χ1v) is 8.47. The second kappa shape index (κ2) is 6.94. The summed E-state index contributed by atoms with van der Waals surface area (Å²) in [7, 11) is 2.11. The van der Waals surface area contributed by atoms with Crippen LogP contribution in [0.4, 0.5) is 4.79 Å². The lowest BCUT2D eigenvalue weighted by molar-refractivity contribution is 0.108. The van der Waals surface area contributed by atoms with Crippen LogP contribution >= 0.6 is 11.3 Å². The highest BCUT2D eigenvalue weighted by molar-refractivity contribution is 7.07. The number of likely N-dealkylation sites (N-methyl/N-ethyl adjacent to an activating group) is 1. The molecule has 1 N–H and O–H groups in total. The van der Waals surface area contributed by atoms with E-state index < -0.39 is 0 Å². The fourth-order valence-electron chi connectivity index (χ4n) is 2.80. The maximum Gasteiger partial charge on any atom is 0.318 e. The molecule has 0 aliphatic carbocycles. The summed E-state index contributed by atoms with van der Waals surface area (Å²) in [4.78, 5) is 16.8. The van der Waals surface area contributed by atoms with Gasteiger partial charge in [-0.3, -0.25) is 0 Å². The van der Waals surface area contributed by atoms with Crippen LogP contribution in [0.2, 0.25) is 0 Å². The number of carbonyl (C=O) groups is 1. The second-order valence-electron chi connectivity index (χ2n) is 5.67. The van der Waals surface area contributed by atoms with Crippen LogP contribution in [0.25, 0.3) is 0 Å². The van der Waals surface area contributed by atoms with Crippen molar-refractivity contribution in [1.29, 1.82) is 0 Å². The van der Waals surface area contributed by atoms with Crippen LogP contribution in [-0.2, 0) is 6.54 Å². The van der Waals surface area contributed by atoms with Crippen molar-refractivity contribution in [3.05, 3.63) is 58.3 Å². The molecule has 1 fully saturated rings. The van der Waals surface area contributed by atoms with Gasteiger partial charge in [-0.2, -0.15) is 11.3 Å². The maximum atomic E-state index is 12.6. The first-order chi connectivity index (χ1) is 10.7. The van der Waals surface area contributed by atoms with Crippen LogP contribution in [0, 0.1) is 0 Å². The number of piperazine rings is 1. The summed E-state index contributed by atoms with van der Waals surface area (Å²) in [6.07, 6.45) is 0. The Morgan fingerprint density at radius 2 is 2.09 bits per heavy atom. The SMILES string of the molecule is CN1CCN(C(=O)NCc2ccsc2)C(c2ccccc2)C1. The van der Waals surface area contributed by atoms with Crippen LogP contribution < -0.4 is 5.32 Å². The quantitative estimate of drug-likeness (QED) is 0.945. The fourth-order valence-corrected chi connectivity index (χ4v) is 3.46. The largest absolute Gasteiger partial charge is 0.334 e. The Labute approximate surface area is 135 Å². The summed E-state index contributed by atoms with van der Waals surface area (Å²) in [5.74, 6) is 0. The summed E-state index contributed by atoms with van der Waals surface area (Å²) < 4.78 is 0. The predicted molar refractivity (Wildman–Crippen MR) is 89.9 cm³/mol.